The van der Waals surface area contributed by atoms with Gasteiger partial charge in [0.2, 0.25) is 5.88 Å². The molecule has 0 saturated carbocycles. The lowest BCUT2D eigenvalue weighted by molar-refractivity contribution is -0.0498. The van der Waals surface area contributed by atoms with Crippen molar-refractivity contribution in [3.63, 3.8) is 0 Å². The summed E-state index contributed by atoms with van der Waals surface area (Å²) in [7, 11) is 1.42. The fourth-order valence-electron chi connectivity index (χ4n) is 1.84. The molecule has 7 heteroatoms. The van der Waals surface area contributed by atoms with Gasteiger partial charge in [-0.1, -0.05) is 12.1 Å². The number of hydrogen-bond donors (Lipinski definition) is 1. The lowest BCUT2D eigenvalue weighted by Gasteiger charge is -2.09. The van der Waals surface area contributed by atoms with Gasteiger partial charge in [0, 0.05) is 12.7 Å². The number of nitrogens with zero attached hydrogens (tertiary/aromatic N) is 1. The molecule has 0 aliphatic heterocycles. The van der Waals surface area contributed by atoms with E-state index in [-0.39, 0.29) is 24.1 Å². The topological polar surface area (TPSA) is 60.5 Å². The number of nitrogens with one attached hydrogen (secondary N) is 1. The molecule has 2 aromatic rings. The van der Waals surface area contributed by atoms with Crippen molar-refractivity contribution in [2.45, 2.75) is 13.2 Å². The molecule has 116 valence electrons. The molecule has 0 unspecified atom stereocenters. The number of rotatable bonds is 6. The summed E-state index contributed by atoms with van der Waals surface area (Å²) in [6, 6.07) is 9.32. The Morgan fingerprint density at radius 2 is 2.14 bits per heavy atom. The minimum Gasteiger partial charge on any atom is -0.480 e. The zero-order valence-electron chi connectivity index (χ0n) is 11.8. The number of aromatic nitrogens is 1. The fraction of sp³-hybridized carbons (Fsp3) is 0.200. The van der Waals surface area contributed by atoms with E-state index in [4.69, 9.17) is 4.74 Å². The summed E-state index contributed by atoms with van der Waals surface area (Å²) in [5.41, 5.74) is 0.930. The van der Waals surface area contributed by atoms with Crippen molar-refractivity contribution in [1.82, 2.24) is 10.3 Å². The van der Waals surface area contributed by atoms with E-state index in [2.05, 4.69) is 15.0 Å². The van der Waals surface area contributed by atoms with Gasteiger partial charge < -0.3 is 14.8 Å². The smallest absolute Gasteiger partial charge is 0.387 e. The van der Waals surface area contributed by atoms with Crippen molar-refractivity contribution in [3.05, 3.63) is 53.7 Å². The van der Waals surface area contributed by atoms with Crippen molar-refractivity contribution in [2.24, 2.45) is 0 Å². The Labute approximate surface area is 125 Å². The first-order valence-electron chi connectivity index (χ1n) is 6.41. The predicted molar refractivity (Wildman–Crippen MR) is 75.0 cm³/mol. The van der Waals surface area contributed by atoms with Crippen LogP contribution in [0.15, 0.2) is 42.6 Å². The number of pyridine rings is 1. The summed E-state index contributed by atoms with van der Waals surface area (Å²) >= 11 is 0. The molecule has 0 spiro atoms. The van der Waals surface area contributed by atoms with Crippen LogP contribution >= 0.6 is 0 Å². The van der Waals surface area contributed by atoms with Crippen LogP contribution in [0.4, 0.5) is 8.78 Å². The second-order valence-corrected chi connectivity index (χ2v) is 4.27. The molecule has 0 aliphatic carbocycles. The molecule has 1 heterocycles. The summed E-state index contributed by atoms with van der Waals surface area (Å²) in [6.45, 7) is -2.72. The Balaban J connectivity index is 2.02. The maximum Gasteiger partial charge on any atom is 0.387 e. The Morgan fingerprint density at radius 3 is 2.86 bits per heavy atom. The Morgan fingerprint density at radius 1 is 1.32 bits per heavy atom. The SMILES string of the molecule is COc1ncccc1C(=O)NCc1cccc(OC(F)F)c1. The number of alkyl halides is 2. The molecule has 22 heavy (non-hydrogen) atoms. The molecule has 0 radical (unpaired) electrons. The number of carbonyl (C=O) groups excluding carboxylic acids is 1. The van der Waals surface area contributed by atoms with Gasteiger partial charge in [-0.05, 0) is 29.8 Å². The number of carbonyl (C=O) groups is 1. The van der Waals surface area contributed by atoms with Crippen LogP contribution in [0.25, 0.3) is 0 Å². The molecule has 2 rings (SSSR count). The number of benzene rings is 1. The van der Waals surface area contributed by atoms with Gasteiger partial charge in [0.25, 0.3) is 5.91 Å². The molecule has 0 aliphatic rings. The highest BCUT2D eigenvalue weighted by molar-refractivity contribution is 5.96. The lowest BCUT2D eigenvalue weighted by Crippen LogP contribution is -2.23. The van der Waals surface area contributed by atoms with Crippen LogP contribution in [-0.2, 0) is 6.54 Å². The largest absolute Gasteiger partial charge is 0.480 e. The molecule has 1 amide bonds. The second kappa shape index (κ2) is 7.35. The summed E-state index contributed by atoms with van der Waals surface area (Å²) in [6.07, 6.45) is 1.51. The highest BCUT2D eigenvalue weighted by Gasteiger charge is 2.12. The molecule has 0 bridgehead atoms. The number of halogens is 2. The summed E-state index contributed by atoms with van der Waals surface area (Å²) in [5.74, 6) is -0.111. The number of amides is 1. The lowest BCUT2D eigenvalue weighted by atomic mass is 10.2. The molecule has 1 N–H and O–H groups in total. The fourth-order valence-corrected chi connectivity index (χ4v) is 1.84. The summed E-state index contributed by atoms with van der Waals surface area (Å²) in [4.78, 5) is 16.0. The zero-order valence-corrected chi connectivity index (χ0v) is 11.8. The standard InChI is InChI=1S/C15H14F2N2O3/c1-21-14-12(6-3-7-18-14)13(20)19-9-10-4-2-5-11(8-10)22-15(16)17/h2-8,15H,9H2,1H3,(H,19,20). The van der Waals surface area contributed by atoms with E-state index in [9.17, 15) is 13.6 Å². The number of hydrogen-bond acceptors (Lipinski definition) is 4. The molecular formula is C15H14F2N2O3. The van der Waals surface area contributed by atoms with Crippen LogP contribution in [0.3, 0.4) is 0 Å². The van der Waals surface area contributed by atoms with Crippen molar-refractivity contribution < 1.29 is 23.0 Å². The molecule has 1 aromatic heterocycles. The van der Waals surface area contributed by atoms with Crippen molar-refractivity contribution in [3.8, 4) is 11.6 Å². The molecule has 0 saturated heterocycles. The van der Waals surface area contributed by atoms with Crippen LogP contribution in [0.5, 0.6) is 11.6 Å². The van der Waals surface area contributed by atoms with Gasteiger partial charge in [-0.3, -0.25) is 4.79 Å². The van der Waals surface area contributed by atoms with Crippen LogP contribution in [-0.4, -0.2) is 24.6 Å². The van der Waals surface area contributed by atoms with Gasteiger partial charge in [-0.2, -0.15) is 8.78 Å². The van der Waals surface area contributed by atoms with Crippen LogP contribution in [0.1, 0.15) is 15.9 Å². The van der Waals surface area contributed by atoms with Gasteiger partial charge in [0.05, 0.1) is 7.11 Å². The third kappa shape index (κ3) is 4.15. The van der Waals surface area contributed by atoms with Gasteiger partial charge in [0.1, 0.15) is 11.3 Å². The van der Waals surface area contributed by atoms with Crippen molar-refractivity contribution >= 4 is 5.91 Å². The third-order valence-electron chi connectivity index (χ3n) is 2.79. The molecule has 0 atom stereocenters. The first-order chi connectivity index (χ1) is 10.6. The molecule has 0 fully saturated rings. The average Bonchev–Trinajstić information content (AvgIpc) is 2.52. The van der Waals surface area contributed by atoms with Crippen LogP contribution < -0.4 is 14.8 Å². The van der Waals surface area contributed by atoms with Gasteiger partial charge in [-0.15, -0.1) is 0 Å². The van der Waals surface area contributed by atoms with Crippen LogP contribution in [0, 0.1) is 0 Å². The second-order valence-electron chi connectivity index (χ2n) is 4.27. The first-order valence-corrected chi connectivity index (χ1v) is 6.41. The Bertz CT molecular complexity index is 650. The normalized spacial score (nSPS) is 10.4. The quantitative estimate of drug-likeness (QED) is 0.891. The number of ether oxygens (including phenoxy) is 2. The predicted octanol–water partition coefficient (Wildman–Crippen LogP) is 2.62. The maximum absolute atomic E-state index is 12.2. The van der Waals surface area contributed by atoms with Gasteiger partial charge >= 0.3 is 6.61 Å². The molecule has 5 nitrogen and oxygen atoms in total. The molecular weight excluding hydrogens is 294 g/mol. The minimum atomic E-state index is -2.88. The molecule has 1 aromatic carbocycles. The van der Waals surface area contributed by atoms with Crippen molar-refractivity contribution in [2.75, 3.05) is 7.11 Å². The zero-order chi connectivity index (χ0) is 15.9. The Hall–Kier alpha value is -2.70. The highest BCUT2D eigenvalue weighted by Crippen LogP contribution is 2.17. The van der Waals surface area contributed by atoms with E-state index in [1.807, 2.05) is 0 Å². The van der Waals surface area contributed by atoms with E-state index in [1.54, 1.807) is 24.3 Å². The summed E-state index contributed by atoms with van der Waals surface area (Å²) in [5, 5.41) is 2.67. The van der Waals surface area contributed by atoms with E-state index in [1.165, 1.54) is 25.4 Å². The van der Waals surface area contributed by atoms with E-state index in [0.717, 1.165) is 0 Å². The van der Waals surface area contributed by atoms with E-state index >= 15 is 0 Å². The monoisotopic (exact) mass is 308 g/mol. The Kier molecular flexibility index (Phi) is 5.24. The summed E-state index contributed by atoms with van der Waals surface area (Å²) < 4.78 is 33.6. The third-order valence-corrected chi connectivity index (χ3v) is 2.79. The van der Waals surface area contributed by atoms with Gasteiger partial charge in [-0.25, -0.2) is 4.98 Å². The average molecular weight is 308 g/mol. The maximum atomic E-state index is 12.2. The van der Waals surface area contributed by atoms with Crippen LogP contribution in [0.2, 0.25) is 0 Å². The van der Waals surface area contributed by atoms with E-state index < -0.39 is 6.61 Å². The minimum absolute atomic E-state index is 0.0423. The van der Waals surface area contributed by atoms with E-state index in [0.29, 0.717) is 11.1 Å². The van der Waals surface area contributed by atoms with Gasteiger partial charge in [0.15, 0.2) is 0 Å². The van der Waals surface area contributed by atoms with Crippen molar-refractivity contribution in [1.29, 1.82) is 0 Å². The number of methoxy groups -OCH3 is 1. The highest BCUT2D eigenvalue weighted by atomic mass is 19.3. The first kappa shape index (κ1) is 15.7.